The minimum atomic E-state index is -3.55. The number of amides is 2. The first-order chi connectivity index (χ1) is 9.99. The molecular formula is C14H16N2O4S. The minimum absolute atomic E-state index is 0.0107. The highest BCUT2D eigenvalue weighted by Crippen LogP contribution is 2.25. The number of likely N-dealkylation sites (tertiary alicyclic amines) is 1. The second-order valence-corrected chi connectivity index (χ2v) is 7.21. The van der Waals surface area contributed by atoms with Gasteiger partial charge in [0.25, 0.3) is 5.91 Å². The predicted octanol–water partition coefficient (Wildman–Crippen LogP) is 0.989. The topological polar surface area (TPSA) is 74.8 Å². The van der Waals surface area contributed by atoms with E-state index in [1.807, 2.05) is 0 Å². The number of anilines is 1. The van der Waals surface area contributed by atoms with Gasteiger partial charge in [-0.1, -0.05) is 0 Å². The molecule has 112 valence electrons. The van der Waals surface area contributed by atoms with E-state index in [0.717, 1.165) is 30.2 Å². The summed E-state index contributed by atoms with van der Waals surface area (Å²) >= 11 is 0. The van der Waals surface area contributed by atoms with E-state index in [9.17, 15) is 18.0 Å². The van der Waals surface area contributed by atoms with Gasteiger partial charge in [0.15, 0.2) is 0 Å². The summed E-state index contributed by atoms with van der Waals surface area (Å²) in [6.07, 6.45) is 2.05. The van der Waals surface area contributed by atoms with E-state index in [2.05, 4.69) is 0 Å². The maximum atomic E-state index is 12.2. The van der Waals surface area contributed by atoms with E-state index in [-0.39, 0.29) is 18.1 Å². The van der Waals surface area contributed by atoms with Crippen LogP contribution in [0, 0.1) is 0 Å². The number of hydrogen-bond donors (Lipinski definition) is 0. The van der Waals surface area contributed by atoms with Crippen LogP contribution in [0.5, 0.6) is 0 Å². The molecular weight excluding hydrogens is 292 g/mol. The van der Waals surface area contributed by atoms with E-state index in [1.165, 1.54) is 12.1 Å². The van der Waals surface area contributed by atoms with Gasteiger partial charge in [0.2, 0.25) is 15.9 Å². The highest BCUT2D eigenvalue weighted by atomic mass is 32.2. The second-order valence-electron chi connectivity index (χ2n) is 5.27. The molecule has 0 radical (unpaired) electrons. The van der Waals surface area contributed by atoms with Gasteiger partial charge in [0.1, 0.15) is 0 Å². The zero-order chi connectivity index (χ0) is 15.0. The fraction of sp³-hybridized carbons (Fsp3) is 0.429. The molecule has 2 fully saturated rings. The number of carbonyl (C=O) groups excluding carboxylic acids is 2. The first kappa shape index (κ1) is 14.1. The normalized spacial score (nSPS) is 21.0. The lowest BCUT2D eigenvalue weighted by Gasteiger charge is -2.17. The number of benzene rings is 1. The van der Waals surface area contributed by atoms with Gasteiger partial charge >= 0.3 is 0 Å². The summed E-state index contributed by atoms with van der Waals surface area (Å²) in [6.45, 7) is 1.53. The van der Waals surface area contributed by atoms with Crippen LogP contribution in [-0.4, -0.2) is 44.0 Å². The maximum Gasteiger partial charge on any atom is 0.253 e. The molecule has 0 bridgehead atoms. The number of nitrogens with zero attached hydrogens (tertiary/aromatic N) is 2. The average Bonchev–Trinajstić information content (AvgIpc) is 3.07. The summed E-state index contributed by atoms with van der Waals surface area (Å²) in [4.78, 5) is 25.7. The number of rotatable bonds is 2. The lowest BCUT2D eigenvalue weighted by molar-refractivity contribution is -0.116. The molecule has 0 spiro atoms. The second kappa shape index (κ2) is 5.14. The van der Waals surface area contributed by atoms with Crippen LogP contribution in [0.3, 0.4) is 0 Å². The number of carbonyl (C=O) groups is 2. The fourth-order valence-corrected chi connectivity index (χ4v) is 4.17. The third-order valence-electron chi connectivity index (χ3n) is 3.82. The summed E-state index contributed by atoms with van der Waals surface area (Å²) in [5.41, 5.74) is 0.820. The van der Waals surface area contributed by atoms with Gasteiger partial charge in [-0.2, -0.15) is 0 Å². The monoisotopic (exact) mass is 308 g/mol. The Morgan fingerprint density at radius 1 is 1.05 bits per heavy atom. The van der Waals surface area contributed by atoms with E-state index in [4.69, 9.17) is 0 Å². The van der Waals surface area contributed by atoms with Gasteiger partial charge in [-0.15, -0.1) is 0 Å². The lowest BCUT2D eigenvalue weighted by atomic mass is 10.2. The Morgan fingerprint density at radius 3 is 2.19 bits per heavy atom. The smallest absolute Gasteiger partial charge is 0.253 e. The summed E-state index contributed by atoms with van der Waals surface area (Å²) in [6, 6.07) is 6.20. The molecule has 6 nitrogen and oxygen atoms in total. The van der Waals surface area contributed by atoms with E-state index >= 15 is 0 Å². The predicted molar refractivity (Wildman–Crippen MR) is 77.5 cm³/mol. The van der Waals surface area contributed by atoms with Crippen molar-refractivity contribution in [2.45, 2.75) is 19.3 Å². The lowest BCUT2D eigenvalue weighted by Crippen LogP contribution is -2.30. The van der Waals surface area contributed by atoms with Crippen molar-refractivity contribution in [1.82, 2.24) is 4.90 Å². The molecule has 0 saturated carbocycles. The number of hydrogen-bond acceptors (Lipinski definition) is 4. The zero-order valence-corrected chi connectivity index (χ0v) is 12.3. The number of sulfonamides is 1. The molecule has 2 aliphatic rings. The van der Waals surface area contributed by atoms with Crippen molar-refractivity contribution < 1.29 is 18.0 Å². The summed E-state index contributed by atoms with van der Waals surface area (Å²) in [5, 5.41) is 0. The van der Waals surface area contributed by atoms with E-state index in [1.54, 1.807) is 17.0 Å². The molecule has 21 heavy (non-hydrogen) atoms. The Morgan fingerprint density at radius 2 is 1.67 bits per heavy atom. The quantitative estimate of drug-likeness (QED) is 0.816. The van der Waals surface area contributed by atoms with E-state index < -0.39 is 15.9 Å². The van der Waals surface area contributed by atoms with Crippen molar-refractivity contribution in [2.24, 2.45) is 0 Å². The Bertz CT molecular complexity index is 675. The summed E-state index contributed by atoms with van der Waals surface area (Å²) < 4.78 is 24.5. The molecule has 0 atom stereocenters. The first-order valence-corrected chi connectivity index (χ1v) is 8.55. The van der Waals surface area contributed by atoms with Crippen LogP contribution in [0.1, 0.15) is 29.6 Å². The van der Waals surface area contributed by atoms with Crippen molar-refractivity contribution in [2.75, 3.05) is 23.1 Å². The highest BCUT2D eigenvalue weighted by molar-refractivity contribution is 7.94. The molecule has 0 aromatic heterocycles. The van der Waals surface area contributed by atoms with Gasteiger partial charge in [-0.25, -0.2) is 12.7 Å². The van der Waals surface area contributed by atoms with Gasteiger partial charge in [0, 0.05) is 25.1 Å². The van der Waals surface area contributed by atoms with Gasteiger partial charge in [-0.3, -0.25) is 9.59 Å². The molecule has 7 heteroatoms. The van der Waals surface area contributed by atoms with Gasteiger partial charge in [0.05, 0.1) is 11.4 Å². The first-order valence-electron chi connectivity index (χ1n) is 6.94. The Labute approximate surface area is 123 Å². The van der Waals surface area contributed by atoms with E-state index in [0.29, 0.717) is 11.3 Å². The Kier molecular flexibility index (Phi) is 3.44. The molecule has 2 amide bonds. The maximum absolute atomic E-state index is 12.2. The third kappa shape index (κ3) is 2.53. The van der Waals surface area contributed by atoms with Crippen LogP contribution in [-0.2, 0) is 14.8 Å². The molecule has 2 saturated heterocycles. The highest BCUT2D eigenvalue weighted by Gasteiger charge is 2.36. The van der Waals surface area contributed by atoms with Crippen molar-refractivity contribution in [3.05, 3.63) is 29.8 Å². The minimum Gasteiger partial charge on any atom is -0.339 e. The molecule has 0 unspecified atom stereocenters. The molecule has 0 N–H and O–H groups in total. The van der Waals surface area contributed by atoms with Crippen LogP contribution in [0.15, 0.2) is 24.3 Å². The van der Waals surface area contributed by atoms with Crippen LogP contribution in [0.25, 0.3) is 0 Å². The molecule has 2 heterocycles. The molecule has 1 aromatic rings. The van der Waals surface area contributed by atoms with Crippen LogP contribution < -0.4 is 4.31 Å². The van der Waals surface area contributed by atoms with Crippen LogP contribution >= 0.6 is 0 Å². The molecule has 2 aliphatic heterocycles. The average molecular weight is 308 g/mol. The van der Waals surface area contributed by atoms with Crippen LogP contribution in [0.4, 0.5) is 5.69 Å². The SMILES string of the molecule is O=C(c1ccc(N2C(=O)CCS2(=O)=O)cc1)N1CCCC1. The fourth-order valence-electron chi connectivity index (χ4n) is 2.71. The Balaban J connectivity index is 1.84. The zero-order valence-electron chi connectivity index (χ0n) is 11.5. The summed E-state index contributed by atoms with van der Waals surface area (Å²) in [5.74, 6) is -0.622. The van der Waals surface area contributed by atoms with Crippen molar-refractivity contribution in [3.63, 3.8) is 0 Å². The largest absolute Gasteiger partial charge is 0.339 e. The van der Waals surface area contributed by atoms with Crippen molar-refractivity contribution in [3.8, 4) is 0 Å². The molecule has 0 aliphatic carbocycles. The van der Waals surface area contributed by atoms with Gasteiger partial charge < -0.3 is 4.90 Å². The van der Waals surface area contributed by atoms with Crippen molar-refractivity contribution in [1.29, 1.82) is 0 Å². The molecule has 1 aromatic carbocycles. The summed E-state index contributed by atoms with van der Waals surface area (Å²) in [7, 11) is -3.55. The van der Waals surface area contributed by atoms with Crippen molar-refractivity contribution >= 4 is 27.5 Å². The van der Waals surface area contributed by atoms with Crippen LogP contribution in [0.2, 0.25) is 0 Å². The molecule has 3 rings (SSSR count). The Hall–Kier alpha value is -1.89. The standard InChI is InChI=1S/C14H16N2O4S/c17-13-7-10-21(19,20)16(13)12-5-3-11(4-6-12)14(18)15-8-1-2-9-15/h3-6H,1-2,7-10H2. The third-order valence-corrected chi connectivity index (χ3v) is 5.51. The van der Waals surface area contributed by atoms with Gasteiger partial charge in [-0.05, 0) is 37.1 Å².